The Morgan fingerprint density at radius 3 is 0.754 bits per heavy atom. The van der Waals surface area contributed by atoms with Gasteiger partial charge in [-0.25, -0.2) is 15.0 Å². The minimum atomic E-state index is -5.22. The van der Waals surface area contributed by atoms with Gasteiger partial charge >= 0.3 is 0 Å². The molecule has 0 aliphatic rings. The lowest BCUT2D eigenvalue weighted by Crippen LogP contribution is -2.04. The van der Waals surface area contributed by atoms with Crippen LogP contribution in [-0.2, 0) is 60.7 Å². The maximum Gasteiger partial charge on any atom is 0.296 e. The molecular weight excluding hydrogens is 889 g/mol. The van der Waals surface area contributed by atoms with Crippen molar-refractivity contribution in [3.8, 4) is 34.2 Å². The van der Waals surface area contributed by atoms with Crippen LogP contribution in [0.2, 0.25) is 0 Å². The van der Waals surface area contributed by atoms with Crippen LogP contribution in [0.4, 0.5) is 0 Å². The van der Waals surface area contributed by atoms with E-state index in [1.807, 2.05) is 0 Å². The fourth-order valence-corrected chi connectivity index (χ4v) is 9.52. The molecule has 0 unspecified atom stereocenters. The van der Waals surface area contributed by atoms with Crippen LogP contribution in [0.1, 0.15) is 0 Å². The van der Waals surface area contributed by atoms with Crippen LogP contribution < -0.4 is 0 Å². The standard InChI is InChI=1S/C27H18N6O18S6/c34-52(35,36)13-4-16-22(19(7-13)55(43,44)45)31-25(28-16)10-1-11(26-29-17-5-14(53(37,38)39)8-20(23(17)32-26)56(46,47)48)3-12(2-10)27-30-18-6-15(54(40,41)42)9-21(24(18)33-27)57(49,50)51/h1-9H,(H,28,31)(H,29,32)(H,30,33)(H,34,35,36)(H,37,38,39)(H,40,41,42)(H,43,44,45)(H,46,47,48)(H,49,50,51). The lowest BCUT2D eigenvalue weighted by Gasteiger charge is -2.06. The molecule has 0 spiro atoms. The Morgan fingerprint density at radius 1 is 0.333 bits per heavy atom. The Balaban J connectivity index is 1.55. The van der Waals surface area contributed by atoms with Gasteiger partial charge in [0.1, 0.15) is 48.7 Å². The van der Waals surface area contributed by atoms with Crippen LogP contribution in [-0.4, -0.2) is 108 Å². The zero-order valence-corrected chi connectivity index (χ0v) is 32.0. The number of hydrogen-bond donors (Lipinski definition) is 9. The Bertz CT molecular complexity index is 3240. The van der Waals surface area contributed by atoms with Crippen molar-refractivity contribution in [2.45, 2.75) is 29.4 Å². The molecule has 4 aromatic carbocycles. The van der Waals surface area contributed by atoms with Gasteiger partial charge in [0, 0.05) is 16.7 Å². The third-order valence-corrected chi connectivity index (χ3v) is 13.2. The molecule has 0 amide bonds. The van der Waals surface area contributed by atoms with E-state index in [1.165, 1.54) is 18.2 Å². The van der Waals surface area contributed by atoms with Crippen molar-refractivity contribution in [2.24, 2.45) is 0 Å². The number of H-pyrrole nitrogens is 3. The largest absolute Gasteiger partial charge is 0.338 e. The molecule has 9 N–H and O–H groups in total. The second kappa shape index (κ2) is 12.6. The molecule has 0 saturated heterocycles. The molecule has 0 saturated carbocycles. The van der Waals surface area contributed by atoms with Gasteiger partial charge in [-0.3, -0.25) is 27.3 Å². The van der Waals surface area contributed by atoms with Gasteiger partial charge in [0.2, 0.25) is 0 Å². The number of hydrogen-bond acceptors (Lipinski definition) is 15. The molecule has 0 bridgehead atoms. The van der Waals surface area contributed by atoms with Gasteiger partial charge in [0.05, 0.1) is 31.2 Å². The summed E-state index contributed by atoms with van der Waals surface area (Å²) < 4.78 is 204. The van der Waals surface area contributed by atoms with Gasteiger partial charge in [0.15, 0.2) is 0 Å². The van der Waals surface area contributed by atoms with E-state index in [1.54, 1.807) is 0 Å². The molecule has 0 aliphatic carbocycles. The number of fused-ring (bicyclic) bond motifs is 3. The molecule has 3 heterocycles. The second-order valence-electron chi connectivity index (χ2n) is 11.9. The summed E-state index contributed by atoms with van der Waals surface area (Å²) in [6, 6.07) is 7.22. The number of benzene rings is 4. The summed E-state index contributed by atoms with van der Waals surface area (Å²) in [5.41, 5.74) is -3.12. The minimum absolute atomic E-state index is 0.114. The van der Waals surface area contributed by atoms with Crippen LogP contribution >= 0.6 is 0 Å². The molecule has 24 nitrogen and oxygen atoms in total. The number of aromatic nitrogens is 6. The highest BCUT2D eigenvalue weighted by molar-refractivity contribution is 7.87. The van der Waals surface area contributed by atoms with Gasteiger partial charge in [-0.1, -0.05) is 0 Å². The lowest BCUT2D eigenvalue weighted by molar-refractivity contribution is 0.477. The predicted octanol–water partition coefficient (Wildman–Crippen LogP) is 1.80. The summed E-state index contributed by atoms with van der Waals surface area (Å²) in [6.07, 6.45) is 0. The molecule has 3 aromatic heterocycles. The van der Waals surface area contributed by atoms with Crippen molar-refractivity contribution < 1.29 is 77.8 Å². The molecule has 0 aliphatic heterocycles. The molecule has 30 heteroatoms. The first-order chi connectivity index (χ1) is 26.0. The minimum Gasteiger partial charge on any atom is -0.338 e. The molecular formula is C27H18N6O18S6. The highest BCUT2D eigenvalue weighted by Gasteiger charge is 2.27. The first-order valence-electron chi connectivity index (χ1n) is 14.6. The van der Waals surface area contributed by atoms with Crippen LogP contribution in [0.3, 0.4) is 0 Å². The van der Waals surface area contributed by atoms with Crippen LogP contribution in [0, 0.1) is 0 Å². The molecule has 0 fully saturated rings. The van der Waals surface area contributed by atoms with Crippen molar-refractivity contribution >= 4 is 93.8 Å². The average Bonchev–Trinajstić information content (AvgIpc) is 3.80. The summed E-state index contributed by atoms with van der Waals surface area (Å²) in [5.74, 6) is -0.966. The molecule has 0 atom stereocenters. The Morgan fingerprint density at radius 2 is 0.561 bits per heavy atom. The summed E-state index contributed by atoms with van der Waals surface area (Å²) in [7, 11) is -30.9. The summed E-state index contributed by atoms with van der Waals surface area (Å²) >= 11 is 0. The highest BCUT2D eigenvalue weighted by Crippen LogP contribution is 2.36. The monoisotopic (exact) mass is 906 g/mol. The van der Waals surface area contributed by atoms with Gasteiger partial charge in [0.25, 0.3) is 60.7 Å². The van der Waals surface area contributed by atoms with Gasteiger partial charge in [-0.15, -0.1) is 0 Å². The molecule has 57 heavy (non-hydrogen) atoms. The normalized spacial score (nSPS) is 13.6. The fraction of sp³-hybridized carbons (Fsp3) is 0. The van der Waals surface area contributed by atoms with Crippen molar-refractivity contribution in [3.63, 3.8) is 0 Å². The van der Waals surface area contributed by atoms with Crippen LogP contribution in [0.15, 0.2) is 84.0 Å². The number of rotatable bonds is 9. The number of nitrogens with one attached hydrogen (secondary N) is 3. The van der Waals surface area contributed by atoms with E-state index in [-0.39, 0.29) is 50.7 Å². The quantitative estimate of drug-likeness (QED) is 0.0932. The fourth-order valence-electron chi connectivity index (χ4n) is 5.67. The number of nitrogens with zero attached hydrogens (tertiary/aromatic N) is 3. The zero-order chi connectivity index (χ0) is 42.0. The van der Waals surface area contributed by atoms with E-state index >= 15 is 0 Å². The Kier molecular flexibility index (Phi) is 8.85. The third kappa shape index (κ3) is 7.51. The smallest absolute Gasteiger partial charge is 0.296 e. The molecule has 0 radical (unpaired) electrons. The lowest BCUT2D eigenvalue weighted by atomic mass is 10.0. The van der Waals surface area contributed by atoms with Crippen molar-refractivity contribution in [2.75, 3.05) is 0 Å². The van der Waals surface area contributed by atoms with Crippen molar-refractivity contribution in [3.05, 3.63) is 54.6 Å². The predicted molar refractivity (Wildman–Crippen MR) is 191 cm³/mol. The van der Waals surface area contributed by atoms with Crippen LogP contribution in [0.25, 0.3) is 67.3 Å². The van der Waals surface area contributed by atoms with E-state index in [4.69, 9.17) is 0 Å². The Hall–Kier alpha value is -5.25. The van der Waals surface area contributed by atoms with Gasteiger partial charge in [-0.2, -0.15) is 50.5 Å². The topological polar surface area (TPSA) is 412 Å². The van der Waals surface area contributed by atoms with Gasteiger partial charge in [-0.05, 0) is 54.6 Å². The maximum atomic E-state index is 12.3. The molecule has 300 valence electrons. The number of imidazole rings is 3. The van der Waals surface area contributed by atoms with E-state index in [9.17, 15) is 77.8 Å². The third-order valence-electron chi connectivity index (χ3n) is 8.06. The van der Waals surface area contributed by atoms with Gasteiger partial charge < -0.3 is 15.0 Å². The summed E-state index contributed by atoms with van der Waals surface area (Å²) in [6.45, 7) is 0. The second-order valence-corrected chi connectivity index (χ2v) is 20.3. The molecule has 7 aromatic rings. The Labute approximate surface area is 318 Å². The summed E-state index contributed by atoms with van der Waals surface area (Å²) in [5, 5.41) is 0. The average molecular weight is 907 g/mol. The zero-order valence-electron chi connectivity index (χ0n) is 27.1. The maximum absolute atomic E-state index is 12.3. The highest BCUT2D eigenvalue weighted by atomic mass is 32.2. The van der Waals surface area contributed by atoms with E-state index in [0.29, 0.717) is 18.2 Å². The van der Waals surface area contributed by atoms with Crippen molar-refractivity contribution in [1.29, 1.82) is 0 Å². The number of aromatic amines is 3. The van der Waals surface area contributed by atoms with Crippen molar-refractivity contribution in [1.82, 2.24) is 29.9 Å². The first-order valence-corrected chi connectivity index (χ1v) is 23.2. The SMILES string of the molecule is O=S(=O)(O)c1cc(S(=O)(=O)O)c2nc(-c3cc(-c4nc5c(S(=O)(=O)O)cc(S(=O)(=O)O)cc5[nH]4)cc(-c4nc5c(S(=O)(=O)O)cc(S(=O)(=O)O)cc5[nH]4)c3)[nH]c2c1. The molecule has 7 rings (SSSR count). The van der Waals surface area contributed by atoms with E-state index in [0.717, 1.165) is 18.2 Å². The van der Waals surface area contributed by atoms with E-state index in [2.05, 4.69) is 29.9 Å². The summed E-state index contributed by atoms with van der Waals surface area (Å²) in [4.78, 5) is 14.2. The first kappa shape index (κ1) is 40.0. The van der Waals surface area contributed by atoms with E-state index < -0.39 is 107 Å². The van der Waals surface area contributed by atoms with Crippen LogP contribution in [0.5, 0.6) is 0 Å².